The van der Waals surface area contributed by atoms with Crippen LogP contribution in [0.1, 0.15) is 90.9 Å². The van der Waals surface area contributed by atoms with Crippen LogP contribution in [-0.2, 0) is 39.3 Å². The lowest BCUT2D eigenvalue weighted by atomic mass is 10.2. The first-order chi connectivity index (χ1) is 12.5. The van der Waals surface area contributed by atoms with E-state index < -0.39 is 39.3 Å². The van der Waals surface area contributed by atoms with Gasteiger partial charge in [0.2, 0.25) is 0 Å². The molecule has 0 saturated carbocycles. The van der Waals surface area contributed by atoms with Crippen LogP contribution in [-0.4, -0.2) is 39.8 Å². The molecule has 0 radical (unpaired) electrons. The van der Waals surface area contributed by atoms with Gasteiger partial charge in [-0.15, -0.1) is 0 Å². The van der Waals surface area contributed by atoms with E-state index in [9.17, 15) is 16.8 Å². The van der Waals surface area contributed by atoms with E-state index in [0.717, 1.165) is 38.5 Å². The first-order valence-electron chi connectivity index (χ1n) is 10.1. The molecule has 0 aromatic heterocycles. The maximum Gasteiger partial charge on any atom is 0.110 e. The largest absolute Gasteiger partial charge is 0.246 e. The second-order valence-corrected chi connectivity index (χ2v) is 15.1. The van der Waals surface area contributed by atoms with E-state index in [-0.39, 0.29) is 0 Å². The minimum atomic E-state index is -1.31. The van der Waals surface area contributed by atoms with Crippen LogP contribution in [0.4, 0.5) is 0 Å². The zero-order valence-corrected chi connectivity index (χ0v) is 19.8. The number of hydrogen-bond donors (Lipinski definition) is 0. The van der Waals surface area contributed by atoms with Crippen molar-refractivity contribution < 1.29 is 16.8 Å². The second-order valence-electron chi connectivity index (χ2n) is 6.57. The highest BCUT2D eigenvalue weighted by molar-refractivity contribution is 8.61. The Bertz CT molecular complexity index is 401. The molecule has 0 bridgehead atoms. The summed E-state index contributed by atoms with van der Waals surface area (Å²) in [7, 11) is -5.14. The van der Waals surface area contributed by atoms with Crippen LogP contribution >= 0.6 is 0 Å². The predicted molar refractivity (Wildman–Crippen MR) is 119 cm³/mol. The highest BCUT2D eigenvalue weighted by atomic mass is 33.1. The maximum absolute atomic E-state index is 11.9. The third-order valence-electron chi connectivity index (χ3n) is 4.12. The lowest BCUT2D eigenvalue weighted by Crippen LogP contribution is -2.11. The molecule has 0 aromatic carbocycles. The Kier molecular flexibility index (Phi) is 19.4. The third-order valence-corrected chi connectivity index (χ3v) is 11.9. The van der Waals surface area contributed by atoms with Gasteiger partial charge >= 0.3 is 0 Å². The van der Waals surface area contributed by atoms with E-state index in [1.165, 1.54) is 25.7 Å². The van der Waals surface area contributed by atoms with Crippen LogP contribution in [0.25, 0.3) is 0 Å². The van der Waals surface area contributed by atoms with E-state index >= 15 is 0 Å². The van der Waals surface area contributed by atoms with Gasteiger partial charge < -0.3 is 0 Å². The van der Waals surface area contributed by atoms with Crippen LogP contribution in [0.2, 0.25) is 0 Å². The third kappa shape index (κ3) is 15.6. The topological polar surface area (TPSA) is 68.3 Å². The Labute approximate surface area is 169 Å². The molecule has 0 aliphatic heterocycles. The molecule has 158 valence electrons. The molecule has 0 aromatic rings. The minimum absolute atomic E-state index is 0.391. The van der Waals surface area contributed by atoms with Gasteiger partial charge in [-0.25, -0.2) is 16.8 Å². The van der Waals surface area contributed by atoms with E-state index in [2.05, 4.69) is 13.8 Å². The van der Waals surface area contributed by atoms with Crippen molar-refractivity contribution >= 4 is 39.3 Å². The lowest BCUT2D eigenvalue weighted by molar-refractivity contribution is 0.648. The summed E-state index contributed by atoms with van der Waals surface area (Å²) in [5.41, 5.74) is 0. The first-order valence-corrected chi connectivity index (χ1v) is 16.4. The molecule has 4 atom stereocenters. The smallest absolute Gasteiger partial charge is 0.110 e. The number of rotatable bonds is 19. The Balaban J connectivity index is 3.69. The molecule has 0 N–H and O–H groups in total. The molecule has 26 heavy (non-hydrogen) atoms. The quantitative estimate of drug-likeness (QED) is 0.216. The average Bonchev–Trinajstić information content (AvgIpc) is 2.64. The van der Waals surface area contributed by atoms with Crippen molar-refractivity contribution in [2.75, 3.05) is 23.0 Å². The molecule has 4 nitrogen and oxygen atoms in total. The fourth-order valence-corrected chi connectivity index (χ4v) is 8.61. The molecule has 0 aliphatic carbocycles. The van der Waals surface area contributed by atoms with Gasteiger partial charge in [0.25, 0.3) is 0 Å². The highest BCUT2D eigenvalue weighted by Gasteiger charge is 2.12. The second kappa shape index (κ2) is 18.9. The van der Waals surface area contributed by atoms with Gasteiger partial charge in [0, 0.05) is 23.0 Å². The van der Waals surface area contributed by atoms with E-state index in [0.29, 0.717) is 35.9 Å². The molecule has 8 heteroatoms. The fraction of sp³-hybridized carbons (Fsp3) is 1.00. The van der Waals surface area contributed by atoms with Gasteiger partial charge in [-0.3, -0.25) is 0 Å². The van der Waals surface area contributed by atoms with Gasteiger partial charge in [-0.05, 0) is 25.7 Å². The van der Waals surface area contributed by atoms with Crippen LogP contribution in [0.15, 0.2) is 0 Å². The maximum atomic E-state index is 11.9. The summed E-state index contributed by atoms with van der Waals surface area (Å²) in [6.45, 7) is 4.31. The van der Waals surface area contributed by atoms with E-state index in [4.69, 9.17) is 0 Å². The first kappa shape index (κ1) is 26.6. The molecule has 0 amide bonds. The summed E-state index contributed by atoms with van der Waals surface area (Å²) in [5, 5.41) is 0. The SMILES string of the molecule is CCCCCCCS(=O)S(=O)CCCCS(=O)S(=O)CCCCCCC. The van der Waals surface area contributed by atoms with Gasteiger partial charge in [-0.2, -0.15) is 0 Å². The summed E-state index contributed by atoms with van der Waals surface area (Å²) >= 11 is 0. The fourth-order valence-electron chi connectivity index (χ4n) is 2.46. The Morgan fingerprint density at radius 1 is 0.385 bits per heavy atom. The van der Waals surface area contributed by atoms with Crippen molar-refractivity contribution in [3.63, 3.8) is 0 Å². The zero-order chi connectivity index (χ0) is 19.6. The zero-order valence-electron chi connectivity index (χ0n) is 16.6. The molecule has 0 saturated heterocycles. The monoisotopic (exact) mass is 446 g/mol. The summed E-state index contributed by atoms with van der Waals surface area (Å²) in [6.07, 6.45) is 12.2. The van der Waals surface area contributed by atoms with Crippen molar-refractivity contribution in [2.24, 2.45) is 0 Å². The van der Waals surface area contributed by atoms with Crippen LogP contribution < -0.4 is 0 Å². The van der Waals surface area contributed by atoms with Crippen molar-refractivity contribution in [3.05, 3.63) is 0 Å². The molecule has 0 spiro atoms. The van der Waals surface area contributed by atoms with Gasteiger partial charge in [-0.1, -0.05) is 65.2 Å². The summed E-state index contributed by atoms with van der Waals surface area (Å²) < 4.78 is 47.7. The van der Waals surface area contributed by atoms with Crippen LogP contribution in [0, 0.1) is 0 Å². The molecular weight excluding hydrogens is 408 g/mol. The average molecular weight is 447 g/mol. The highest BCUT2D eigenvalue weighted by Crippen LogP contribution is 2.08. The summed E-state index contributed by atoms with van der Waals surface area (Å²) in [5.74, 6) is 1.82. The lowest BCUT2D eigenvalue weighted by Gasteiger charge is -2.04. The van der Waals surface area contributed by atoms with Gasteiger partial charge in [0.15, 0.2) is 0 Å². The normalized spacial score (nSPS) is 16.2. The molecule has 0 aliphatic rings. The number of unbranched alkanes of at least 4 members (excludes halogenated alkanes) is 9. The molecular formula is C18H38O4S4. The molecule has 0 heterocycles. The van der Waals surface area contributed by atoms with Gasteiger partial charge in [0.1, 0.15) is 39.3 Å². The molecule has 0 rings (SSSR count). The Hall–Kier alpha value is 0.600. The minimum Gasteiger partial charge on any atom is -0.246 e. The van der Waals surface area contributed by atoms with Crippen molar-refractivity contribution in [1.29, 1.82) is 0 Å². The molecule has 4 unspecified atom stereocenters. The van der Waals surface area contributed by atoms with E-state index in [1.54, 1.807) is 0 Å². The standard InChI is InChI=1S/C18H38O4S4/c1-3-5-7-9-11-15-23(19)25(21)17-13-14-18-26(22)24(20)16-12-10-8-6-4-2/h3-18H2,1-2H3. The van der Waals surface area contributed by atoms with Crippen molar-refractivity contribution in [2.45, 2.75) is 90.9 Å². The number of hydrogen-bond acceptors (Lipinski definition) is 4. The van der Waals surface area contributed by atoms with Crippen molar-refractivity contribution in [1.82, 2.24) is 0 Å². The Morgan fingerprint density at radius 3 is 0.885 bits per heavy atom. The van der Waals surface area contributed by atoms with E-state index in [1.807, 2.05) is 0 Å². The predicted octanol–water partition coefficient (Wildman–Crippen LogP) is 4.53. The van der Waals surface area contributed by atoms with Gasteiger partial charge in [0.05, 0.1) is 0 Å². The van der Waals surface area contributed by atoms with Crippen LogP contribution in [0.3, 0.4) is 0 Å². The van der Waals surface area contributed by atoms with Crippen LogP contribution in [0.5, 0.6) is 0 Å². The summed E-state index contributed by atoms with van der Waals surface area (Å²) in [6, 6.07) is 0. The molecule has 0 fully saturated rings. The Morgan fingerprint density at radius 2 is 0.615 bits per heavy atom. The summed E-state index contributed by atoms with van der Waals surface area (Å²) in [4.78, 5) is 0. The van der Waals surface area contributed by atoms with Crippen molar-refractivity contribution in [3.8, 4) is 0 Å².